The number of primary amides is 1. The molecule has 0 radical (unpaired) electrons. The molecule has 1 saturated heterocycles. The summed E-state index contributed by atoms with van der Waals surface area (Å²) in [6.45, 7) is 2.27. The highest BCUT2D eigenvalue weighted by Crippen LogP contribution is 2.31. The van der Waals surface area contributed by atoms with Crippen molar-refractivity contribution in [2.24, 2.45) is 11.7 Å². The van der Waals surface area contributed by atoms with Crippen LogP contribution < -0.4 is 16.0 Å². The first-order valence-electron chi connectivity index (χ1n) is 13.7. The molecule has 13 heteroatoms. The molecule has 1 atom stereocenters. The normalized spacial score (nSPS) is 17.9. The van der Waals surface area contributed by atoms with Gasteiger partial charge in [0.05, 0.1) is 6.04 Å². The van der Waals surface area contributed by atoms with Crippen LogP contribution in [0.3, 0.4) is 0 Å². The van der Waals surface area contributed by atoms with E-state index in [4.69, 9.17) is 10.5 Å². The van der Waals surface area contributed by atoms with Crippen molar-refractivity contribution < 1.29 is 38.5 Å². The number of nitrogens with one attached hydrogen (secondary N) is 1. The number of rotatable bonds is 8. The summed E-state index contributed by atoms with van der Waals surface area (Å²) in [6, 6.07) is 11.3. The molecule has 2 amide bonds. The number of anilines is 1. The number of benzene rings is 1. The van der Waals surface area contributed by atoms with Crippen molar-refractivity contribution in [3.05, 3.63) is 71.7 Å². The van der Waals surface area contributed by atoms with E-state index in [0.717, 1.165) is 25.3 Å². The molecule has 4 rings (SSSR count). The van der Waals surface area contributed by atoms with E-state index < -0.39 is 24.1 Å². The van der Waals surface area contributed by atoms with Crippen LogP contribution >= 0.6 is 0 Å². The van der Waals surface area contributed by atoms with E-state index in [1.54, 1.807) is 36.4 Å². The van der Waals surface area contributed by atoms with Gasteiger partial charge >= 0.3 is 24.1 Å². The molecule has 0 bridgehead atoms. The number of carbonyl (C=O) groups excluding carboxylic acids is 4. The molecule has 1 aliphatic carbocycles. The summed E-state index contributed by atoms with van der Waals surface area (Å²) >= 11 is 0. The van der Waals surface area contributed by atoms with Crippen LogP contribution in [0, 0.1) is 11.7 Å². The van der Waals surface area contributed by atoms with Crippen LogP contribution in [-0.2, 0) is 19.1 Å². The lowest BCUT2D eigenvalue weighted by Crippen LogP contribution is -2.49. The fourth-order valence-corrected chi connectivity index (χ4v) is 5.31. The smallest absolute Gasteiger partial charge is 0.412 e. The lowest BCUT2D eigenvalue weighted by Gasteiger charge is -2.37. The van der Waals surface area contributed by atoms with Crippen molar-refractivity contribution in [3.8, 4) is 0 Å². The third kappa shape index (κ3) is 8.65. The summed E-state index contributed by atoms with van der Waals surface area (Å²) in [4.78, 5) is 57.4. The Bertz CT molecular complexity index is 1270. The molecule has 226 valence electrons. The van der Waals surface area contributed by atoms with Crippen molar-refractivity contribution in [2.45, 2.75) is 38.1 Å². The molecule has 12 nitrogen and oxygen atoms in total. The predicted octanol–water partition coefficient (Wildman–Crippen LogP) is 2.64. The van der Waals surface area contributed by atoms with Crippen LogP contribution in [0.5, 0.6) is 0 Å². The Morgan fingerprint density at radius 1 is 1.07 bits per heavy atom. The van der Waals surface area contributed by atoms with Gasteiger partial charge in [-0.3, -0.25) is 9.80 Å². The van der Waals surface area contributed by atoms with Crippen molar-refractivity contribution in [1.82, 2.24) is 15.2 Å². The van der Waals surface area contributed by atoms with Crippen LogP contribution in [0.15, 0.2) is 60.3 Å². The number of pyridine rings is 1. The first kappa shape index (κ1) is 32.3. The highest BCUT2D eigenvalue weighted by molar-refractivity contribution is 6.04. The van der Waals surface area contributed by atoms with E-state index in [1.165, 1.54) is 17.2 Å². The Balaban J connectivity index is 0.00000484. The third-order valence-electron chi connectivity index (χ3n) is 7.31. The lowest BCUT2D eigenvalue weighted by molar-refractivity contribution is -0.135. The quantitative estimate of drug-likeness (QED) is 0.268. The molecular formula is C29H36FN5O7. The number of nitrogens with zero attached hydrogens (tertiary/aromatic N) is 3. The van der Waals surface area contributed by atoms with Gasteiger partial charge in [-0.2, -0.15) is 0 Å². The zero-order chi connectivity index (χ0) is 29.2. The number of ether oxygens (including phenoxy) is 2. The van der Waals surface area contributed by atoms with E-state index in [0.29, 0.717) is 44.6 Å². The Hall–Kier alpha value is -4.20. The molecule has 2 aliphatic rings. The molecular weight excluding hydrogens is 549 g/mol. The Morgan fingerprint density at radius 3 is 2.50 bits per heavy atom. The van der Waals surface area contributed by atoms with E-state index in [-0.39, 0.29) is 41.2 Å². The zero-order valence-corrected chi connectivity index (χ0v) is 23.2. The van der Waals surface area contributed by atoms with Gasteiger partial charge in [0, 0.05) is 56.1 Å². The number of hydrogen-bond donors (Lipinski definition) is 2. The van der Waals surface area contributed by atoms with Gasteiger partial charge in [-0.15, -0.1) is 0 Å². The average molecular weight is 586 g/mol. The van der Waals surface area contributed by atoms with Gasteiger partial charge in [-0.05, 0) is 37.0 Å². The number of halogens is 1. The first-order chi connectivity index (χ1) is 19.8. The van der Waals surface area contributed by atoms with E-state index in [2.05, 4.69) is 19.9 Å². The highest BCUT2D eigenvalue weighted by Gasteiger charge is 2.31. The van der Waals surface area contributed by atoms with Crippen LogP contribution in [0.2, 0.25) is 0 Å². The molecule has 2 fully saturated rings. The topological polar surface area (TPSA) is 176 Å². The number of piperazine rings is 1. The number of carbonyl (C=O) groups is 4. The summed E-state index contributed by atoms with van der Waals surface area (Å²) in [5.74, 6) is -2.50. The molecule has 2 heterocycles. The second-order valence-corrected chi connectivity index (χ2v) is 9.95. The fraction of sp³-hybridized carbons (Fsp3) is 0.414. The second-order valence-electron chi connectivity index (χ2n) is 9.95. The predicted molar refractivity (Wildman–Crippen MR) is 151 cm³/mol. The standard InChI is InChI=1S/C29H34FN5O6.H2O/c30-23-11-5-4-10-21(23)24-19-32-14-15-34(24)16-17-35(25-12-6-7-13-33-25)29(39)41-27(37)22(18-26(36)40-28(31)38)20-8-2-1-3-9-20;/h4-7,10-13,18,20,24,32H,1-3,8-9,14-17,19H2,(H2,31,38);1H2/b22-18-;. The van der Waals surface area contributed by atoms with Crippen molar-refractivity contribution >= 4 is 29.9 Å². The summed E-state index contributed by atoms with van der Waals surface area (Å²) in [5, 5.41) is 3.29. The Morgan fingerprint density at radius 2 is 1.81 bits per heavy atom. The largest absolute Gasteiger partial charge is 0.423 e. The maximum absolute atomic E-state index is 14.6. The second kappa shape index (κ2) is 15.7. The van der Waals surface area contributed by atoms with Gasteiger partial charge in [0.25, 0.3) is 0 Å². The number of nitrogens with two attached hydrogens (primary N) is 1. The lowest BCUT2D eigenvalue weighted by atomic mass is 9.83. The number of amides is 2. The maximum Gasteiger partial charge on any atom is 0.423 e. The van der Waals surface area contributed by atoms with Gasteiger partial charge in [0.15, 0.2) is 0 Å². The summed E-state index contributed by atoms with van der Waals surface area (Å²) in [7, 11) is 0. The Labute approximate surface area is 243 Å². The van der Waals surface area contributed by atoms with Crippen molar-refractivity contribution in [3.63, 3.8) is 0 Å². The average Bonchev–Trinajstić information content (AvgIpc) is 2.97. The molecule has 1 aromatic carbocycles. The molecule has 1 aliphatic heterocycles. The fourth-order valence-electron chi connectivity index (χ4n) is 5.31. The van der Waals surface area contributed by atoms with E-state index >= 15 is 0 Å². The van der Waals surface area contributed by atoms with Crippen LogP contribution in [0.1, 0.15) is 43.7 Å². The number of hydrogen-bond acceptors (Lipinski definition) is 9. The molecule has 5 N–H and O–H groups in total. The molecule has 42 heavy (non-hydrogen) atoms. The minimum atomic E-state index is -1.30. The number of esters is 2. The monoisotopic (exact) mass is 585 g/mol. The minimum Gasteiger partial charge on any atom is -0.412 e. The minimum absolute atomic E-state index is 0. The third-order valence-corrected chi connectivity index (χ3v) is 7.31. The molecule has 1 unspecified atom stereocenters. The van der Waals surface area contributed by atoms with Gasteiger partial charge < -0.3 is 26.0 Å². The van der Waals surface area contributed by atoms with Gasteiger partial charge in [-0.1, -0.05) is 43.5 Å². The van der Waals surface area contributed by atoms with Crippen LogP contribution in [0.4, 0.5) is 19.8 Å². The molecule has 1 saturated carbocycles. The summed E-state index contributed by atoms with van der Waals surface area (Å²) in [5.41, 5.74) is 5.43. The SMILES string of the molecule is NC(=O)OC(=O)/C=C(\C(=O)OC(=O)N(CCN1CCNCC1c1ccccc1F)c1ccccn1)C1CCCCC1.O. The summed E-state index contributed by atoms with van der Waals surface area (Å²) < 4.78 is 24.3. The van der Waals surface area contributed by atoms with E-state index in [1.807, 2.05) is 0 Å². The Kier molecular flexibility index (Phi) is 12.1. The van der Waals surface area contributed by atoms with Gasteiger partial charge in [0.1, 0.15) is 11.6 Å². The first-order valence-corrected chi connectivity index (χ1v) is 13.7. The molecule has 0 spiro atoms. The van der Waals surface area contributed by atoms with Crippen molar-refractivity contribution in [2.75, 3.05) is 37.6 Å². The zero-order valence-electron chi connectivity index (χ0n) is 23.2. The maximum atomic E-state index is 14.6. The summed E-state index contributed by atoms with van der Waals surface area (Å²) in [6.07, 6.45) is 3.99. The molecule has 2 aromatic rings. The number of aromatic nitrogens is 1. The van der Waals surface area contributed by atoms with Crippen LogP contribution in [0.25, 0.3) is 0 Å². The van der Waals surface area contributed by atoms with Gasteiger partial charge in [0.2, 0.25) is 0 Å². The van der Waals surface area contributed by atoms with E-state index in [9.17, 15) is 23.6 Å². The van der Waals surface area contributed by atoms with Crippen molar-refractivity contribution in [1.29, 1.82) is 0 Å². The highest BCUT2D eigenvalue weighted by atomic mass is 19.1. The molecule has 1 aromatic heterocycles. The van der Waals surface area contributed by atoms with Crippen LogP contribution in [-0.4, -0.2) is 72.2 Å². The van der Waals surface area contributed by atoms with Gasteiger partial charge in [-0.25, -0.2) is 28.6 Å².